The van der Waals surface area contributed by atoms with Crippen molar-refractivity contribution in [2.75, 3.05) is 5.32 Å². The molecule has 0 aromatic heterocycles. The minimum Gasteiger partial charge on any atom is -0.327 e. The smallest absolute Gasteiger partial charge is 0.224 e. The molecular formula is C17H27ClN2O. The Morgan fingerprint density at radius 2 is 2.05 bits per heavy atom. The quantitative estimate of drug-likeness (QED) is 0.888. The fourth-order valence-electron chi connectivity index (χ4n) is 3.07. The van der Waals surface area contributed by atoms with Crippen LogP contribution in [-0.2, 0) is 11.2 Å². The second-order valence-electron chi connectivity index (χ2n) is 5.96. The first kappa shape index (κ1) is 18.0. The average molecular weight is 311 g/mol. The summed E-state index contributed by atoms with van der Waals surface area (Å²) in [6.45, 7) is 4.24. The van der Waals surface area contributed by atoms with Gasteiger partial charge in [-0.3, -0.25) is 4.79 Å². The standard InChI is InChI=1S/C17H26N2O.ClH/c1-3-13-10-15(9-8-12(13)2)19-17(20)11-14-6-4-5-7-16(14)18;/h8-10,14,16H,3-7,11,18H2,1-2H3,(H,19,20);1H. The summed E-state index contributed by atoms with van der Waals surface area (Å²) < 4.78 is 0. The summed E-state index contributed by atoms with van der Waals surface area (Å²) in [7, 11) is 0. The predicted octanol–water partition coefficient (Wildman–Crippen LogP) is 3.83. The van der Waals surface area contributed by atoms with Crippen LogP contribution < -0.4 is 11.1 Å². The van der Waals surface area contributed by atoms with Crippen LogP contribution in [0.25, 0.3) is 0 Å². The minimum absolute atomic E-state index is 0. The first-order chi connectivity index (χ1) is 9.60. The van der Waals surface area contributed by atoms with Crippen LogP contribution in [-0.4, -0.2) is 11.9 Å². The van der Waals surface area contributed by atoms with Crippen molar-refractivity contribution < 1.29 is 4.79 Å². The molecule has 1 fully saturated rings. The predicted molar refractivity (Wildman–Crippen MR) is 91.0 cm³/mol. The molecule has 2 rings (SSSR count). The van der Waals surface area contributed by atoms with Crippen LogP contribution in [0.1, 0.15) is 50.2 Å². The molecular weight excluding hydrogens is 284 g/mol. The Bertz CT molecular complexity index is 476. The van der Waals surface area contributed by atoms with E-state index in [4.69, 9.17) is 5.73 Å². The topological polar surface area (TPSA) is 55.1 Å². The molecule has 0 bridgehead atoms. The van der Waals surface area contributed by atoms with Crippen molar-refractivity contribution in [3.05, 3.63) is 29.3 Å². The van der Waals surface area contributed by atoms with Gasteiger partial charge in [-0.1, -0.05) is 25.8 Å². The summed E-state index contributed by atoms with van der Waals surface area (Å²) in [5.41, 5.74) is 9.58. The highest BCUT2D eigenvalue weighted by atomic mass is 35.5. The Kier molecular flexibility index (Phi) is 7.20. The van der Waals surface area contributed by atoms with Crippen LogP contribution in [0, 0.1) is 12.8 Å². The molecule has 2 unspecified atom stereocenters. The van der Waals surface area contributed by atoms with Gasteiger partial charge in [-0.25, -0.2) is 0 Å². The number of halogens is 1. The Morgan fingerprint density at radius 1 is 1.33 bits per heavy atom. The Labute approximate surface area is 134 Å². The van der Waals surface area contributed by atoms with E-state index in [-0.39, 0.29) is 24.4 Å². The molecule has 0 saturated heterocycles. The van der Waals surface area contributed by atoms with Gasteiger partial charge in [0.2, 0.25) is 5.91 Å². The van der Waals surface area contributed by atoms with Crippen molar-refractivity contribution in [2.24, 2.45) is 11.7 Å². The Hall–Kier alpha value is -1.06. The lowest BCUT2D eigenvalue weighted by molar-refractivity contribution is -0.117. The van der Waals surface area contributed by atoms with Crippen LogP contribution >= 0.6 is 12.4 Å². The van der Waals surface area contributed by atoms with Gasteiger partial charge in [0.05, 0.1) is 0 Å². The SMILES string of the molecule is CCc1cc(NC(=O)CC2CCCCC2N)ccc1C.Cl. The summed E-state index contributed by atoms with van der Waals surface area (Å²) in [5.74, 6) is 0.443. The molecule has 1 aromatic carbocycles. The second kappa shape index (κ2) is 8.40. The molecule has 1 aliphatic rings. The van der Waals surface area contributed by atoms with E-state index in [1.165, 1.54) is 24.0 Å². The van der Waals surface area contributed by atoms with E-state index in [9.17, 15) is 4.79 Å². The lowest BCUT2D eigenvalue weighted by atomic mass is 9.83. The van der Waals surface area contributed by atoms with Crippen molar-refractivity contribution in [3.63, 3.8) is 0 Å². The molecule has 3 nitrogen and oxygen atoms in total. The largest absolute Gasteiger partial charge is 0.327 e. The van der Waals surface area contributed by atoms with Gasteiger partial charge in [-0.15, -0.1) is 12.4 Å². The van der Waals surface area contributed by atoms with Gasteiger partial charge in [0.25, 0.3) is 0 Å². The zero-order valence-corrected chi connectivity index (χ0v) is 13.8. The third-order valence-corrected chi connectivity index (χ3v) is 4.43. The summed E-state index contributed by atoms with van der Waals surface area (Å²) in [4.78, 5) is 12.1. The van der Waals surface area contributed by atoms with Gasteiger partial charge < -0.3 is 11.1 Å². The highest BCUT2D eigenvalue weighted by molar-refractivity contribution is 5.91. The summed E-state index contributed by atoms with van der Waals surface area (Å²) in [6.07, 6.45) is 6.10. The molecule has 0 spiro atoms. The maximum Gasteiger partial charge on any atom is 0.224 e. The Morgan fingerprint density at radius 3 is 2.71 bits per heavy atom. The fraction of sp³-hybridized carbons (Fsp3) is 0.588. The molecule has 118 valence electrons. The minimum atomic E-state index is 0. The molecule has 1 aliphatic carbocycles. The first-order valence-electron chi connectivity index (χ1n) is 7.75. The van der Waals surface area contributed by atoms with E-state index < -0.39 is 0 Å². The van der Waals surface area contributed by atoms with E-state index in [1.54, 1.807) is 0 Å². The molecule has 1 saturated carbocycles. The molecule has 1 amide bonds. The summed E-state index contributed by atoms with van der Waals surface area (Å²) >= 11 is 0. The van der Waals surface area contributed by atoms with Gasteiger partial charge in [-0.05, 0) is 55.4 Å². The zero-order chi connectivity index (χ0) is 14.5. The van der Waals surface area contributed by atoms with Gasteiger partial charge in [0.1, 0.15) is 0 Å². The van der Waals surface area contributed by atoms with Crippen molar-refractivity contribution >= 4 is 24.0 Å². The monoisotopic (exact) mass is 310 g/mol. The highest BCUT2D eigenvalue weighted by Gasteiger charge is 2.24. The van der Waals surface area contributed by atoms with Gasteiger partial charge in [0.15, 0.2) is 0 Å². The van der Waals surface area contributed by atoms with Gasteiger partial charge in [0, 0.05) is 18.2 Å². The number of benzene rings is 1. The van der Waals surface area contributed by atoms with Crippen LogP contribution in [0.3, 0.4) is 0 Å². The van der Waals surface area contributed by atoms with E-state index in [1.807, 2.05) is 6.07 Å². The average Bonchev–Trinajstić information content (AvgIpc) is 2.43. The normalized spacial score (nSPS) is 21.5. The molecule has 0 radical (unpaired) electrons. The van der Waals surface area contributed by atoms with Crippen LogP contribution in [0.4, 0.5) is 5.69 Å². The number of aryl methyl sites for hydroxylation is 2. The first-order valence-corrected chi connectivity index (χ1v) is 7.75. The van der Waals surface area contributed by atoms with Gasteiger partial charge in [-0.2, -0.15) is 0 Å². The summed E-state index contributed by atoms with van der Waals surface area (Å²) in [5, 5.41) is 3.02. The van der Waals surface area contributed by atoms with Crippen molar-refractivity contribution in [2.45, 2.75) is 58.4 Å². The number of nitrogens with two attached hydrogens (primary N) is 1. The molecule has 3 N–H and O–H groups in total. The number of hydrogen-bond donors (Lipinski definition) is 2. The third-order valence-electron chi connectivity index (χ3n) is 4.43. The van der Waals surface area contributed by atoms with Crippen LogP contribution in [0.5, 0.6) is 0 Å². The number of hydrogen-bond acceptors (Lipinski definition) is 2. The van der Waals surface area contributed by atoms with E-state index in [0.717, 1.165) is 24.9 Å². The van der Waals surface area contributed by atoms with Crippen LogP contribution in [0.2, 0.25) is 0 Å². The highest BCUT2D eigenvalue weighted by Crippen LogP contribution is 2.26. The zero-order valence-electron chi connectivity index (χ0n) is 13.0. The number of amides is 1. The summed E-state index contributed by atoms with van der Waals surface area (Å²) in [6, 6.07) is 6.32. The van der Waals surface area contributed by atoms with Crippen molar-refractivity contribution in [1.82, 2.24) is 0 Å². The number of anilines is 1. The maximum absolute atomic E-state index is 12.1. The van der Waals surface area contributed by atoms with Gasteiger partial charge >= 0.3 is 0 Å². The number of carbonyl (C=O) groups excluding carboxylic acids is 1. The van der Waals surface area contributed by atoms with E-state index in [2.05, 4.69) is 31.3 Å². The number of nitrogens with one attached hydrogen (secondary N) is 1. The third kappa shape index (κ3) is 5.01. The van der Waals surface area contributed by atoms with Crippen LogP contribution in [0.15, 0.2) is 18.2 Å². The maximum atomic E-state index is 12.1. The molecule has 1 aromatic rings. The lowest BCUT2D eigenvalue weighted by Crippen LogP contribution is -2.35. The molecule has 2 atom stereocenters. The molecule has 0 aliphatic heterocycles. The van der Waals surface area contributed by atoms with E-state index in [0.29, 0.717) is 12.3 Å². The fourth-order valence-corrected chi connectivity index (χ4v) is 3.07. The number of rotatable bonds is 4. The number of carbonyl (C=O) groups is 1. The molecule has 4 heteroatoms. The van der Waals surface area contributed by atoms with Crippen molar-refractivity contribution in [1.29, 1.82) is 0 Å². The lowest BCUT2D eigenvalue weighted by Gasteiger charge is -2.28. The van der Waals surface area contributed by atoms with E-state index >= 15 is 0 Å². The second-order valence-corrected chi connectivity index (χ2v) is 5.96. The molecule has 0 heterocycles. The molecule has 21 heavy (non-hydrogen) atoms. The Balaban J connectivity index is 0.00000220. The van der Waals surface area contributed by atoms with Crippen molar-refractivity contribution in [3.8, 4) is 0 Å².